The molecule has 1 aromatic heterocycles. The van der Waals surface area contributed by atoms with E-state index in [4.69, 9.17) is 32.8 Å². The molecule has 0 radical (unpaired) electrons. The summed E-state index contributed by atoms with van der Waals surface area (Å²) < 4.78 is 38.7. The Balaban J connectivity index is 1.63. The molecular weight excluding hydrogens is 592 g/mol. The number of aliphatic hydroxyl groups is 6. The molecular formula is C28H32O16. The van der Waals surface area contributed by atoms with Crippen molar-refractivity contribution in [2.45, 2.75) is 48.7 Å². The monoisotopic (exact) mass is 624 g/mol. The molecule has 3 heterocycles. The lowest BCUT2D eigenvalue weighted by atomic mass is 9.98. The normalized spacial score (nSPS) is 30.4. The molecule has 44 heavy (non-hydrogen) atoms. The standard InChI is InChI=1S/C28H32O16/c1-38-12-6-14(32)18-16(7-12)41-22(11-3-4-15(39-2)13(31)5-11)23(20(18)34)43-26-24(21(35)19(33)17(8-29)42-26)44-27-25(36)28(37,9-30)10-40-27/h3-7,17,19,21,24-27,29-33,35-37H,8-10H2,1-2H3. The summed E-state index contributed by atoms with van der Waals surface area (Å²) in [7, 11) is 2.67. The summed E-state index contributed by atoms with van der Waals surface area (Å²) in [4.78, 5) is 13.9. The van der Waals surface area contributed by atoms with E-state index in [0.29, 0.717) is 0 Å². The van der Waals surface area contributed by atoms with E-state index in [1.807, 2.05) is 0 Å². The predicted octanol–water partition coefficient (Wildman–Crippen LogP) is -1.47. The van der Waals surface area contributed by atoms with Gasteiger partial charge in [-0.3, -0.25) is 4.79 Å². The Morgan fingerprint density at radius 2 is 1.73 bits per heavy atom. The number of phenols is 2. The number of hydrogen-bond acceptors (Lipinski definition) is 16. The van der Waals surface area contributed by atoms with Gasteiger partial charge in [-0.1, -0.05) is 0 Å². The molecule has 0 saturated carbocycles. The molecule has 0 bridgehead atoms. The third-order valence-corrected chi connectivity index (χ3v) is 7.51. The van der Waals surface area contributed by atoms with Crippen LogP contribution < -0.4 is 19.6 Å². The van der Waals surface area contributed by atoms with Gasteiger partial charge in [0.2, 0.25) is 17.5 Å². The lowest BCUT2D eigenvalue weighted by Gasteiger charge is -2.42. The number of aliphatic hydroxyl groups excluding tert-OH is 5. The van der Waals surface area contributed by atoms with Gasteiger partial charge >= 0.3 is 0 Å². The van der Waals surface area contributed by atoms with Crippen LogP contribution in [0.1, 0.15) is 0 Å². The SMILES string of the molecule is COc1cc(O)c2c(=O)c(OC3OC(CO)C(O)C(O)C3OC3OCC(O)(CO)C3O)c(-c3ccc(OC)c(O)c3)oc2c1. The number of benzene rings is 2. The van der Waals surface area contributed by atoms with E-state index in [1.54, 1.807) is 0 Å². The molecule has 8 N–H and O–H groups in total. The summed E-state index contributed by atoms with van der Waals surface area (Å²) >= 11 is 0. The Morgan fingerprint density at radius 3 is 2.34 bits per heavy atom. The Bertz CT molecular complexity index is 1560. The molecule has 2 saturated heterocycles. The molecule has 0 aliphatic carbocycles. The summed E-state index contributed by atoms with van der Waals surface area (Å²) in [5, 5.41) is 82.4. The highest BCUT2D eigenvalue weighted by Crippen LogP contribution is 2.40. The number of phenolic OH excluding ortho intramolecular Hbond substituents is 2. The maximum absolute atomic E-state index is 13.9. The molecule has 240 valence electrons. The van der Waals surface area contributed by atoms with Gasteiger partial charge in [-0.2, -0.15) is 0 Å². The Labute approximate surface area is 248 Å². The van der Waals surface area contributed by atoms with Crippen molar-refractivity contribution in [1.29, 1.82) is 0 Å². The first-order valence-electron chi connectivity index (χ1n) is 13.3. The number of methoxy groups -OCH3 is 2. The van der Waals surface area contributed by atoms with Crippen molar-refractivity contribution >= 4 is 11.0 Å². The molecule has 16 heteroatoms. The van der Waals surface area contributed by atoms with Gasteiger partial charge in [0.25, 0.3) is 0 Å². The van der Waals surface area contributed by atoms with Crippen LogP contribution in [0.3, 0.4) is 0 Å². The van der Waals surface area contributed by atoms with E-state index < -0.39 is 85.4 Å². The highest BCUT2D eigenvalue weighted by Gasteiger charge is 2.53. The van der Waals surface area contributed by atoms with E-state index in [0.717, 1.165) is 6.07 Å². The Hall–Kier alpha value is -3.71. The van der Waals surface area contributed by atoms with Crippen LogP contribution >= 0.6 is 0 Å². The molecule has 8 unspecified atom stereocenters. The van der Waals surface area contributed by atoms with Crippen LogP contribution in [0.5, 0.6) is 28.7 Å². The fraction of sp³-hybridized carbons (Fsp3) is 0.464. The second kappa shape index (κ2) is 12.4. The second-order valence-corrected chi connectivity index (χ2v) is 10.3. The predicted molar refractivity (Wildman–Crippen MR) is 145 cm³/mol. The van der Waals surface area contributed by atoms with Crippen LogP contribution in [0.2, 0.25) is 0 Å². The molecule has 2 aromatic carbocycles. The number of fused-ring (bicyclic) bond motifs is 1. The molecule has 3 aromatic rings. The topological polar surface area (TPSA) is 247 Å². The lowest BCUT2D eigenvalue weighted by Crippen LogP contribution is -2.62. The first-order valence-corrected chi connectivity index (χ1v) is 13.3. The first-order chi connectivity index (χ1) is 21.0. The van der Waals surface area contributed by atoms with Crippen LogP contribution in [0.4, 0.5) is 0 Å². The van der Waals surface area contributed by atoms with Gasteiger partial charge in [-0.05, 0) is 18.2 Å². The van der Waals surface area contributed by atoms with Crippen LogP contribution in [-0.2, 0) is 14.2 Å². The zero-order valence-electron chi connectivity index (χ0n) is 23.4. The zero-order chi connectivity index (χ0) is 31.9. The highest BCUT2D eigenvalue weighted by molar-refractivity contribution is 5.88. The minimum absolute atomic E-state index is 0.0923. The van der Waals surface area contributed by atoms with Crippen molar-refractivity contribution < 1.29 is 73.7 Å². The maximum atomic E-state index is 13.9. The van der Waals surface area contributed by atoms with Crippen molar-refractivity contribution in [3.63, 3.8) is 0 Å². The highest BCUT2D eigenvalue weighted by atomic mass is 16.8. The molecule has 8 atom stereocenters. The van der Waals surface area contributed by atoms with Gasteiger partial charge < -0.3 is 73.7 Å². The summed E-state index contributed by atoms with van der Waals surface area (Å²) in [6.07, 6.45) is -12.1. The lowest BCUT2D eigenvalue weighted by molar-refractivity contribution is -0.319. The number of ether oxygens (including phenoxy) is 6. The molecule has 0 spiro atoms. The smallest absolute Gasteiger partial charge is 0.239 e. The molecule has 0 amide bonds. The fourth-order valence-corrected chi connectivity index (χ4v) is 4.98. The quantitative estimate of drug-likeness (QED) is 0.135. The van der Waals surface area contributed by atoms with Gasteiger partial charge in [0, 0.05) is 17.7 Å². The van der Waals surface area contributed by atoms with Crippen LogP contribution in [0.25, 0.3) is 22.3 Å². The molecule has 16 nitrogen and oxygen atoms in total. The minimum atomic E-state index is -2.10. The average molecular weight is 625 g/mol. The van der Waals surface area contributed by atoms with Crippen molar-refractivity contribution in [3.8, 4) is 40.1 Å². The van der Waals surface area contributed by atoms with Gasteiger partial charge in [0.15, 0.2) is 29.7 Å². The summed E-state index contributed by atoms with van der Waals surface area (Å²) in [5.41, 5.74) is -3.08. The van der Waals surface area contributed by atoms with Crippen LogP contribution in [-0.4, -0.2) is 124 Å². The third-order valence-electron chi connectivity index (χ3n) is 7.51. The molecule has 5 rings (SSSR count). The maximum Gasteiger partial charge on any atom is 0.239 e. The Morgan fingerprint density at radius 1 is 0.977 bits per heavy atom. The Kier molecular flexibility index (Phi) is 8.90. The summed E-state index contributed by atoms with van der Waals surface area (Å²) in [5.74, 6) is -1.51. The zero-order valence-corrected chi connectivity index (χ0v) is 23.4. The van der Waals surface area contributed by atoms with Gasteiger partial charge in [-0.25, -0.2) is 0 Å². The van der Waals surface area contributed by atoms with E-state index in [1.165, 1.54) is 38.5 Å². The van der Waals surface area contributed by atoms with Crippen molar-refractivity contribution in [1.82, 2.24) is 0 Å². The van der Waals surface area contributed by atoms with Crippen LogP contribution in [0, 0.1) is 0 Å². The van der Waals surface area contributed by atoms with Crippen molar-refractivity contribution in [2.24, 2.45) is 0 Å². The first kappa shape index (κ1) is 31.7. The average Bonchev–Trinajstić information content (AvgIpc) is 3.30. The van der Waals surface area contributed by atoms with Crippen LogP contribution in [0.15, 0.2) is 39.5 Å². The van der Waals surface area contributed by atoms with Gasteiger partial charge in [-0.15, -0.1) is 0 Å². The molecule has 2 aliphatic rings. The summed E-state index contributed by atoms with van der Waals surface area (Å²) in [6, 6.07) is 6.51. The third kappa shape index (κ3) is 5.51. The van der Waals surface area contributed by atoms with Gasteiger partial charge in [0.05, 0.1) is 34.0 Å². The van der Waals surface area contributed by atoms with E-state index in [2.05, 4.69) is 0 Å². The van der Waals surface area contributed by atoms with Crippen molar-refractivity contribution in [3.05, 3.63) is 40.6 Å². The minimum Gasteiger partial charge on any atom is -0.507 e. The number of aromatic hydroxyl groups is 2. The summed E-state index contributed by atoms with van der Waals surface area (Å²) in [6.45, 7) is -2.24. The second-order valence-electron chi connectivity index (χ2n) is 10.3. The van der Waals surface area contributed by atoms with Crippen molar-refractivity contribution in [2.75, 3.05) is 34.0 Å². The van der Waals surface area contributed by atoms with E-state index in [-0.39, 0.29) is 39.5 Å². The molecule has 2 fully saturated rings. The number of hydrogen-bond donors (Lipinski definition) is 8. The fourth-order valence-electron chi connectivity index (χ4n) is 4.98. The van der Waals surface area contributed by atoms with E-state index in [9.17, 15) is 45.6 Å². The van der Waals surface area contributed by atoms with E-state index >= 15 is 0 Å². The largest absolute Gasteiger partial charge is 0.507 e. The van der Waals surface area contributed by atoms with Gasteiger partial charge in [0.1, 0.15) is 52.5 Å². The number of rotatable bonds is 9. The molecule has 2 aliphatic heterocycles.